The normalized spacial score (nSPS) is 10.9. The molecule has 0 aliphatic heterocycles. The van der Waals surface area contributed by atoms with Crippen LogP contribution in [0.25, 0.3) is 27.1 Å². The largest absolute Gasteiger partial charge is 0.478 e. The van der Waals surface area contributed by atoms with Gasteiger partial charge in [0.1, 0.15) is 10.7 Å². The minimum absolute atomic E-state index is 0.389. The molecular formula is C20H20N6O2S. The van der Waals surface area contributed by atoms with Gasteiger partial charge in [-0.15, -0.1) is 11.3 Å². The molecule has 0 saturated carbocycles. The summed E-state index contributed by atoms with van der Waals surface area (Å²) in [6.45, 7) is 6.79. The average Bonchev–Trinajstić information content (AvgIpc) is 3.36. The highest BCUT2D eigenvalue weighted by molar-refractivity contribution is 7.18. The van der Waals surface area contributed by atoms with Crippen LogP contribution < -0.4 is 9.47 Å². The van der Waals surface area contributed by atoms with Crippen molar-refractivity contribution >= 4 is 11.3 Å². The standard InChI is InChI=1S/C20H20N6O2S/c1-4-27-16-11-17(28-5-2)24-20(23-16)26-10-8-15(25-26)18-13(3)22-19(29-18)14-7-6-9-21-12-14/h6-12H,4-5H2,1-3H3. The zero-order chi connectivity index (χ0) is 20.2. The molecule has 0 amide bonds. The second kappa shape index (κ2) is 8.36. The van der Waals surface area contributed by atoms with E-state index in [9.17, 15) is 0 Å². The predicted molar refractivity (Wildman–Crippen MR) is 111 cm³/mol. The second-order valence-corrected chi connectivity index (χ2v) is 7.03. The molecule has 4 rings (SSSR count). The number of aryl methyl sites for hydroxylation is 1. The van der Waals surface area contributed by atoms with Crippen molar-refractivity contribution < 1.29 is 9.47 Å². The zero-order valence-electron chi connectivity index (χ0n) is 16.4. The van der Waals surface area contributed by atoms with Crippen LogP contribution >= 0.6 is 11.3 Å². The highest BCUT2D eigenvalue weighted by Gasteiger charge is 2.16. The Kier molecular flexibility index (Phi) is 5.48. The summed E-state index contributed by atoms with van der Waals surface area (Å²) in [6, 6.07) is 7.49. The molecule has 4 aromatic heterocycles. The quantitative estimate of drug-likeness (QED) is 0.457. The van der Waals surface area contributed by atoms with Crippen molar-refractivity contribution in [3.63, 3.8) is 0 Å². The summed E-state index contributed by atoms with van der Waals surface area (Å²) < 4.78 is 12.7. The fourth-order valence-corrected chi connectivity index (χ4v) is 3.76. The maximum atomic E-state index is 5.53. The third-order valence-corrected chi connectivity index (χ3v) is 5.21. The molecule has 0 spiro atoms. The van der Waals surface area contributed by atoms with E-state index in [0.717, 1.165) is 26.8 Å². The Bertz CT molecular complexity index is 1090. The zero-order valence-corrected chi connectivity index (χ0v) is 17.2. The monoisotopic (exact) mass is 408 g/mol. The van der Waals surface area contributed by atoms with Gasteiger partial charge in [-0.1, -0.05) is 0 Å². The van der Waals surface area contributed by atoms with Crippen LogP contribution in [-0.2, 0) is 0 Å². The van der Waals surface area contributed by atoms with Gasteiger partial charge in [0.05, 0.1) is 29.9 Å². The molecule has 4 heterocycles. The summed E-state index contributed by atoms with van der Waals surface area (Å²) in [5.41, 5.74) is 2.71. The lowest BCUT2D eigenvalue weighted by Gasteiger charge is -2.08. The van der Waals surface area contributed by atoms with Crippen LogP contribution in [0.2, 0.25) is 0 Å². The first-order chi connectivity index (χ1) is 14.2. The maximum absolute atomic E-state index is 5.53. The van der Waals surface area contributed by atoms with Crippen LogP contribution in [-0.4, -0.2) is 42.9 Å². The Hall–Kier alpha value is -3.33. The molecular weight excluding hydrogens is 388 g/mol. The molecule has 0 saturated heterocycles. The molecule has 0 aliphatic carbocycles. The molecule has 0 radical (unpaired) electrons. The third-order valence-electron chi connectivity index (χ3n) is 3.98. The van der Waals surface area contributed by atoms with Crippen LogP contribution in [0, 0.1) is 6.92 Å². The Morgan fingerprint density at radius 2 is 1.79 bits per heavy atom. The van der Waals surface area contributed by atoms with Crippen LogP contribution in [0.4, 0.5) is 0 Å². The van der Waals surface area contributed by atoms with Gasteiger partial charge in [-0.05, 0) is 39.0 Å². The van der Waals surface area contributed by atoms with Gasteiger partial charge in [0, 0.05) is 24.2 Å². The minimum atomic E-state index is 0.389. The SMILES string of the molecule is CCOc1cc(OCC)nc(-n2ccc(-c3sc(-c4cccnc4)nc3C)n2)n1. The van der Waals surface area contributed by atoms with E-state index in [0.29, 0.717) is 30.9 Å². The van der Waals surface area contributed by atoms with E-state index < -0.39 is 0 Å². The summed E-state index contributed by atoms with van der Waals surface area (Å²) >= 11 is 1.58. The molecule has 0 aromatic carbocycles. The summed E-state index contributed by atoms with van der Waals surface area (Å²) in [6.07, 6.45) is 5.38. The van der Waals surface area contributed by atoms with Gasteiger partial charge >= 0.3 is 0 Å². The van der Waals surface area contributed by atoms with E-state index in [4.69, 9.17) is 9.47 Å². The first-order valence-corrected chi connectivity index (χ1v) is 10.1. The van der Waals surface area contributed by atoms with Crippen molar-refractivity contribution in [2.75, 3.05) is 13.2 Å². The number of aromatic nitrogens is 6. The van der Waals surface area contributed by atoms with E-state index in [1.807, 2.05) is 51.4 Å². The number of hydrogen-bond acceptors (Lipinski definition) is 8. The van der Waals surface area contributed by atoms with Gasteiger partial charge in [-0.2, -0.15) is 15.1 Å². The first-order valence-electron chi connectivity index (χ1n) is 9.26. The summed E-state index contributed by atoms with van der Waals surface area (Å²) in [7, 11) is 0. The van der Waals surface area contributed by atoms with E-state index >= 15 is 0 Å². The van der Waals surface area contributed by atoms with Gasteiger partial charge in [-0.25, -0.2) is 9.67 Å². The third kappa shape index (κ3) is 4.09. The van der Waals surface area contributed by atoms with E-state index in [1.54, 1.807) is 28.3 Å². The number of rotatable bonds is 7. The average molecular weight is 408 g/mol. The summed E-state index contributed by atoms with van der Waals surface area (Å²) in [5, 5.41) is 5.57. The van der Waals surface area contributed by atoms with Crippen LogP contribution in [0.3, 0.4) is 0 Å². The highest BCUT2D eigenvalue weighted by Crippen LogP contribution is 2.34. The lowest BCUT2D eigenvalue weighted by atomic mass is 10.3. The fraction of sp³-hybridized carbons (Fsp3) is 0.250. The van der Waals surface area contributed by atoms with Crippen LogP contribution in [0.15, 0.2) is 42.9 Å². The first kappa shape index (κ1) is 19.0. The highest BCUT2D eigenvalue weighted by atomic mass is 32.1. The molecule has 4 aromatic rings. The predicted octanol–water partition coefficient (Wildman–Crippen LogP) is 3.95. The number of thiazole rings is 1. The molecule has 148 valence electrons. The molecule has 8 nitrogen and oxygen atoms in total. The molecule has 29 heavy (non-hydrogen) atoms. The number of hydrogen-bond donors (Lipinski definition) is 0. The van der Waals surface area contributed by atoms with Crippen molar-refractivity contribution in [1.29, 1.82) is 0 Å². The molecule has 0 unspecified atom stereocenters. The van der Waals surface area contributed by atoms with Crippen molar-refractivity contribution in [1.82, 2.24) is 29.7 Å². The van der Waals surface area contributed by atoms with Gasteiger partial charge in [0.2, 0.25) is 11.8 Å². The minimum Gasteiger partial charge on any atom is -0.478 e. The molecule has 0 aliphatic rings. The van der Waals surface area contributed by atoms with Crippen molar-refractivity contribution in [3.8, 4) is 38.9 Å². The molecule has 0 fully saturated rings. The molecule has 0 bridgehead atoms. The number of pyridine rings is 1. The van der Waals surface area contributed by atoms with E-state index in [-0.39, 0.29) is 0 Å². The van der Waals surface area contributed by atoms with Crippen molar-refractivity contribution in [3.05, 3.63) is 48.5 Å². The lowest BCUT2D eigenvalue weighted by molar-refractivity contribution is 0.304. The van der Waals surface area contributed by atoms with Gasteiger partial charge < -0.3 is 9.47 Å². The van der Waals surface area contributed by atoms with Crippen molar-refractivity contribution in [2.45, 2.75) is 20.8 Å². The smallest absolute Gasteiger partial charge is 0.257 e. The molecule has 9 heteroatoms. The Morgan fingerprint density at radius 3 is 2.45 bits per heavy atom. The van der Waals surface area contributed by atoms with Crippen LogP contribution in [0.1, 0.15) is 19.5 Å². The van der Waals surface area contributed by atoms with Gasteiger partial charge in [0.15, 0.2) is 0 Å². The second-order valence-electron chi connectivity index (χ2n) is 6.03. The van der Waals surface area contributed by atoms with E-state index in [2.05, 4.69) is 25.0 Å². The topological polar surface area (TPSA) is 87.8 Å². The Labute approximate surface area is 172 Å². The Morgan fingerprint density at radius 1 is 1.03 bits per heavy atom. The van der Waals surface area contributed by atoms with Crippen LogP contribution in [0.5, 0.6) is 11.8 Å². The summed E-state index contributed by atoms with van der Waals surface area (Å²) in [4.78, 5) is 18.7. The summed E-state index contributed by atoms with van der Waals surface area (Å²) in [5.74, 6) is 1.29. The van der Waals surface area contributed by atoms with Gasteiger partial charge in [0.25, 0.3) is 5.95 Å². The lowest BCUT2D eigenvalue weighted by Crippen LogP contribution is -2.07. The Balaban J connectivity index is 1.68. The fourth-order valence-electron chi connectivity index (χ4n) is 2.74. The van der Waals surface area contributed by atoms with Gasteiger partial charge in [-0.3, -0.25) is 4.98 Å². The van der Waals surface area contributed by atoms with E-state index in [1.165, 1.54) is 0 Å². The van der Waals surface area contributed by atoms with Crippen molar-refractivity contribution in [2.24, 2.45) is 0 Å². The number of nitrogens with zero attached hydrogens (tertiary/aromatic N) is 6. The number of ether oxygens (including phenoxy) is 2. The molecule has 0 N–H and O–H groups in total. The maximum Gasteiger partial charge on any atom is 0.257 e. The molecule has 0 atom stereocenters.